The molecule has 0 bridgehead atoms. The molecule has 0 saturated heterocycles. The zero-order chi connectivity index (χ0) is 12.3. The number of aromatic nitrogens is 3. The van der Waals surface area contributed by atoms with Crippen LogP contribution in [-0.2, 0) is 13.0 Å². The van der Waals surface area contributed by atoms with Crippen molar-refractivity contribution in [3.8, 4) is 0 Å². The number of hydrogen-bond acceptors (Lipinski definition) is 3. The van der Waals surface area contributed by atoms with E-state index in [-0.39, 0.29) is 0 Å². The second kappa shape index (κ2) is 5.29. The van der Waals surface area contributed by atoms with E-state index in [4.69, 9.17) is 11.6 Å². The minimum absolute atomic E-state index is 0.454. The summed E-state index contributed by atoms with van der Waals surface area (Å²) >= 11 is 5.80. The summed E-state index contributed by atoms with van der Waals surface area (Å²) in [4.78, 5) is 4.14. The van der Waals surface area contributed by atoms with Crippen LogP contribution in [0, 0.1) is 0 Å². The minimum Gasteiger partial charge on any atom is -0.388 e. The Labute approximate surface area is 105 Å². The highest BCUT2D eigenvalue weighted by Gasteiger charge is 2.12. The van der Waals surface area contributed by atoms with Crippen LogP contribution < -0.4 is 0 Å². The normalized spacial score (nSPS) is 12.6. The number of aryl methyl sites for hydroxylation is 1. The van der Waals surface area contributed by atoms with Crippen LogP contribution in [0.25, 0.3) is 0 Å². The van der Waals surface area contributed by atoms with E-state index in [1.165, 1.54) is 6.33 Å². The second-order valence-corrected chi connectivity index (χ2v) is 4.20. The summed E-state index contributed by atoms with van der Waals surface area (Å²) in [5.41, 5.74) is 0.833. The van der Waals surface area contributed by atoms with Gasteiger partial charge in [-0.15, -0.1) is 0 Å². The molecule has 0 aliphatic carbocycles. The molecule has 4 nitrogen and oxygen atoms in total. The van der Waals surface area contributed by atoms with Gasteiger partial charge in [0.1, 0.15) is 12.2 Å². The third-order valence-electron chi connectivity index (χ3n) is 2.63. The molecule has 1 heterocycles. The van der Waals surface area contributed by atoms with Gasteiger partial charge in [-0.1, -0.05) is 23.7 Å². The first-order valence-corrected chi connectivity index (χ1v) is 5.88. The fourth-order valence-corrected chi connectivity index (χ4v) is 1.81. The van der Waals surface area contributed by atoms with Crippen molar-refractivity contribution < 1.29 is 5.11 Å². The molecule has 5 heteroatoms. The molecule has 1 N–H and O–H groups in total. The average molecular weight is 252 g/mol. The van der Waals surface area contributed by atoms with Gasteiger partial charge in [0, 0.05) is 18.0 Å². The van der Waals surface area contributed by atoms with Gasteiger partial charge >= 0.3 is 0 Å². The summed E-state index contributed by atoms with van der Waals surface area (Å²) in [6, 6.07) is 7.18. The zero-order valence-corrected chi connectivity index (χ0v) is 10.3. The quantitative estimate of drug-likeness (QED) is 0.907. The van der Waals surface area contributed by atoms with Crippen molar-refractivity contribution in [2.24, 2.45) is 0 Å². The van der Waals surface area contributed by atoms with Crippen LogP contribution in [0.1, 0.15) is 24.4 Å². The highest BCUT2D eigenvalue weighted by Crippen LogP contribution is 2.19. The number of hydrogen-bond donors (Lipinski definition) is 1. The third kappa shape index (κ3) is 2.84. The Balaban J connectivity index is 2.11. The molecule has 0 aliphatic rings. The monoisotopic (exact) mass is 251 g/mol. The highest BCUT2D eigenvalue weighted by atomic mass is 35.5. The van der Waals surface area contributed by atoms with E-state index < -0.39 is 6.10 Å². The molecule has 0 radical (unpaired) electrons. The topological polar surface area (TPSA) is 50.9 Å². The maximum Gasteiger partial charge on any atom is 0.138 e. The molecule has 1 atom stereocenters. The lowest BCUT2D eigenvalue weighted by atomic mass is 10.1. The average Bonchev–Trinajstić information content (AvgIpc) is 2.77. The van der Waals surface area contributed by atoms with Crippen molar-refractivity contribution in [3.05, 3.63) is 47.0 Å². The van der Waals surface area contributed by atoms with E-state index in [9.17, 15) is 5.11 Å². The predicted octanol–water partition coefficient (Wildman–Crippen LogP) is 2.23. The molecule has 0 spiro atoms. The van der Waals surface area contributed by atoms with Crippen molar-refractivity contribution in [1.82, 2.24) is 14.8 Å². The lowest BCUT2D eigenvalue weighted by molar-refractivity contribution is 0.174. The predicted molar refractivity (Wildman–Crippen MR) is 65.8 cm³/mol. The van der Waals surface area contributed by atoms with E-state index in [1.807, 2.05) is 19.1 Å². The molecular formula is C12H14ClN3O. The van der Waals surface area contributed by atoms with E-state index in [0.29, 0.717) is 11.4 Å². The number of aliphatic hydroxyl groups is 1. The molecule has 2 rings (SSSR count). The van der Waals surface area contributed by atoms with Gasteiger partial charge in [-0.2, -0.15) is 5.10 Å². The SMILES string of the molecule is CCn1ncnc1CC(O)c1ccc(Cl)cc1. The smallest absolute Gasteiger partial charge is 0.138 e. The fourth-order valence-electron chi connectivity index (χ4n) is 1.69. The molecule has 17 heavy (non-hydrogen) atoms. The summed E-state index contributed by atoms with van der Waals surface area (Å²) in [6.45, 7) is 2.75. The summed E-state index contributed by atoms with van der Waals surface area (Å²) < 4.78 is 1.78. The van der Waals surface area contributed by atoms with Crippen molar-refractivity contribution in [2.75, 3.05) is 0 Å². The Morgan fingerprint density at radius 1 is 1.35 bits per heavy atom. The van der Waals surface area contributed by atoms with Crippen molar-refractivity contribution >= 4 is 11.6 Å². The first-order valence-electron chi connectivity index (χ1n) is 5.51. The Hall–Kier alpha value is -1.39. The summed E-state index contributed by atoms with van der Waals surface area (Å²) in [7, 11) is 0. The Kier molecular flexibility index (Phi) is 3.76. The van der Waals surface area contributed by atoms with Gasteiger partial charge in [0.2, 0.25) is 0 Å². The van der Waals surface area contributed by atoms with Crippen LogP contribution >= 0.6 is 11.6 Å². The summed E-state index contributed by atoms with van der Waals surface area (Å²) in [5.74, 6) is 0.787. The molecular weight excluding hydrogens is 238 g/mol. The lowest BCUT2D eigenvalue weighted by Gasteiger charge is -2.11. The van der Waals surface area contributed by atoms with Gasteiger partial charge in [-0.25, -0.2) is 4.98 Å². The molecule has 1 aromatic carbocycles. The minimum atomic E-state index is -0.582. The maximum absolute atomic E-state index is 10.1. The van der Waals surface area contributed by atoms with Gasteiger partial charge in [-0.05, 0) is 24.6 Å². The Bertz CT molecular complexity index is 481. The van der Waals surface area contributed by atoms with Crippen LogP contribution in [0.3, 0.4) is 0 Å². The summed E-state index contributed by atoms with van der Waals surface area (Å²) in [6.07, 6.45) is 1.38. The van der Waals surface area contributed by atoms with Gasteiger partial charge < -0.3 is 5.11 Å². The third-order valence-corrected chi connectivity index (χ3v) is 2.88. The maximum atomic E-state index is 10.1. The number of nitrogens with zero attached hydrogens (tertiary/aromatic N) is 3. The molecule has 2 aromatic rings. The van der Waals surface area contributed by atoms with E-state index in [0.717, 1.165) is 17.9 Å². The largest absolute Gasteiger partial charge is 0.388 e. The summed E-state index contributed by atoms with van der Waals surface area (Å²) in [5, 5.41) is 14.8. The van der Waals surface area contributed by atoms with Gasteiger partial charge in [0.15, 0.2) is 0 Å². The van der Waals surface area contributed by atoms with Gasteiger partial charge in [0.25, 0.3) is 0 Å². The number of halogens is 1. The van der Waals surface area contributed by atoms with Crippen LogP contribution in [0.5, 0.6) is 0 Å². The van der Waals surface area contributed by atoms with Crippen LogP contribution in [-0.4, -0.2) is 19.9 Å². The molecule has 0 amide bonds. The molecule has 0 fully saturated rings. The van der Waals surface area contributed by atoms with Crippen molar-refractivity contribution in [1.29, 1.82) is 0 Å². The van der Waals surface area contributed by atoms with Gasteiger partial charge in [0.05, 0.1) is 6.10 Å². The molecule has 1 unspecified atom stereocenters. The Morgan fingerprint density at radius 2 is 2.06 bits per heavy atom. The zero-order valence-electron chi connectivity index (χ0n) is 9.55. The first kappa shape index (κ1) is 12.1. The standard InChI is InChI=1S/C12H14ClN3O/c1-2-16-12(14-8-15-16)7-11(17)9-3-5-10(13)6-4-9/h3-6,8,11,17H,2,7H2,1H3. The Morgan fingerprint density at radius 3 is 2.71 bits per heavy atom. The first-order chi connectivity index (χ1) is 8.20. The fraction of sp³-hybridized carbons (Fsp3) is 0.333. The second-order valence-electron chi connectivity index (χ2n) is 3.76. The van der Waals surface area contributed by atoms with Crippen LogP contribution in [0.4, 0.5) is 0 Å². The molecule has 0 saturated carbocycles. The van der Waals surface area contributed by atoms with E-state index in [2.05, 4.69) is 10.1 Å². The number of rotatable bonds is 4. The van der Waals surface area contributed by atoms with E-state index >= 15 is 0 Å². The molecule has 0 aliphatic heterocycles. The number of benzene rings is 1. The molecule has 90 valence electrons. The van der Waals surface area contributed by atoms with Crippen LogP contribution in [0.2, 0.25) is 5.02 Å². The number of aliphatic hydroxyl groups excluding tert-OH is 1. The molecule has 1 aromatic heterocycles. The van der Waals surface area contributed by atoms with Crippen molar-refractivity contribution in [2.45, 2.75) is 26.0 Å². The van der Waals surface area contributed by atoms with Crippen LogP contribution in [0.15, 0.2) is 30.6 Å². The van der Waals surface area contributed by atoms with Crippen molar-refractivity contribution in [3.63, 3.8) is 0 Å². The van der Waals surface area contributed by atoms with E-state index in [1.54, 1.807) is 16.8 Å². The van der Waals surface area contributed by atoms with Gasteiger partial charge in [-0.3, -0.25) is 4.68 Å². The lowest BCUT2D eigenvalue weighted by Crippen LogP contribution is -2.09. The highest BCUT2D eigenvalue weighted by molar-refractivity contribution is 6.30.